The van der Waals surface area contributed by atoms with Gasteiger partial charge in [0.1, 0.15) is 12.4 Å². The highest BCUT2D eigenvalue weighted by Gasteiger charge is 2.57. The summed E-state index contributed by atoms with van der Waals surface area (Å²) in [7, 11) is 1.40. The second kappa shape index (κ2) is 6.36. The molecular formula is C12H14F5NO2. The molecule has 0 heterocycles. The zero-order chi connectivity index (χ0) is 15.4. The number of methoxy groups -OCH3 is 1. The fourth-order valence-corrected chi connectivity index (χ4v) is 1.43. The molecule has 20 heavy (non-hydrogen) atoms. The standard InChI is InChI=1S/C12H14F5NO2/c1-19-10-4-8(2-3-9(10)5-18)6-20-7-11(13,14)12(15,16)17/h2-4H,5-7,18H2,1H3. The SMILES string of the molecule is COc1cc(COCC(F)(F)C(F)(F)F)ccc1CN. The first kappa shape index (κ1) is 16.6. The van der Waals surface area contributed by atoms with Crippen LogP contribution in [0.4, 0.5) is 22.0 Å². The summed E-state index contributed by atoms with van der Waals surface area (Å²) in [6.07, 6.45) is -5.62. The molecule has 0 aliphatic carbocycles. The number of nitrogens with two attached hydrogens (primary N) is 1. The maximum atomic E-state index is 12.6. The number of hydrogen-bond donors (Lipinski definition) is 1. The van der Waals surface area contributed by atoms with E-state index in [1.807, 2.05) is 0 Å². The van der Waals surface area contributed by atoms with Crippen molar-refractivity contribution in [2.75, 3.05) is 13.7 Å². The van der Waals surface area contributed by atoms with Gasteiger partial charge >= 0.3 is 12.1 Å². The Hall–Kier alpha value is -1.41. The average Bonchev–Trinajstić information content (AvgIpc) is 2.37. The Morgan fingerprint density at radius 2 is 1.80 bits per heavy atom. The molecule has 0 bridgehead atoms. The highest BCUT2D eigenvalue weighted by molar-refractivity contribution is 5.37. The molecule has 2 N–H and O–H groups in total. The van der Waals surface area contributed by atoms with Gasteiger partial charge in [-0.25, -0.2) is 0 Å². The van der Waals surface area contributed by atoms with Gasteiger partial charge in [0.2, 0.25) is 0 Å². The van der Waals surface area contributed by atoms with Crippen LogP contribution in [0.5, 0.6) is 5.75 Å². The number of halogens is 5. The summed E-state index contributed by atoms with van der Waals surface area (Å²) < 4.78 is 70.4. The van der Waals surface area contributed by atoms with E-state index in [0.717, 1.165) is 0 Å². The van der Waals surface area contributed by atoms with Crippen LogP contribution in [0.1, 0.15) is 11.1 Å². The number of rotatable bonds is 6. The van der Waals surface area contributed by atoms with Gasteiger partial charge in [0.25, 0.3) is 0 Å². The lowest BCUT2D eigenvalue weighted by molar-refractivity contribution is -0.297. The van der Waals surface area contributed by atoms with Gasteiger partial charge in [-0.2, -0.15) is 22.0 Å². The summed E-state index contributed by atoms with van der Waals surface area (Å²) >= 11 is 0. The summed E-state index contributed by atoms with van der Waals surface area (Å²) in [6, 6.07) is 4.60. The average molecular weight is 299 g/mol. The molecular weight excluding hydrogens is 285 g/mol. The largest absolute Gasteiger partial charge is 0.496 e. The molecule has 1 rings (SSSR count). The van der Waals surface area contributed by atoms with Crippen LogP contribution < -0.4 is 10.5 Å². The number of alkyl halides is 5. The van der Waals surface area contributed by atoms with Crippen molar-refractivity contribution in [2.45, 2.75) is 25.3 Å². The van der Waals surface area contributed by atoms with Crippen LogP contribution in [0.2, 0.25) is 0 Å². The lowest BCUT2D eigenvalue weighted by atomic mass is 10.1. The van der Waals surface area contributed by atoms with E-state index in [2.05, 4.69) is 4.74 Å². The van der Waals surface area contributed by atoms with E-state index in [1.54, 1.807) is 6.07 Å². The third kappa shape index (κ3) is 4.04. The monoisotopic (exact) mass is 299 g/mol. The summed E-state index contributed by atoms with van der Waals surface area (Å²) in [6.45, 7) is -1.89. The Balaban J connectivity index is 2.63. The molecule has 0 fully saturated rings. The van der Waals surface area contributed by atoms with E-state index >= 15 is 0 Å². The highest BCUT2D eigenvalue weighted by atomic mass is 19.4. The van der Waals surface area contributed by atoms with E-state index in [0.29, 0.717) is 16.9 Å². The van der Waals surface area contributed by atoms with E-state index in [4.69, 9.17) is 10.5 Å². The molecule has 0 saturated carbocycles. The third-order valence-corrected chi connectivity index (χ3v) is 2.54. The van der Waals surface area contributed by atoms with E-state index in [1.165, 1.54) is 19.2 Å². The van der Waals surface area contributed by atoms with Crippen molar-refractivity contribution in [1.82, 2.24) is 0 Å². The molecule has 0 radical (unpaired) electrons. The summed E-state index contributed by atoms with van der Waals surface area (Å²) in [5.74, 6) is -4.44. The molecule has 0 saturated heterocycles. The number of benzene rings is 1. The van der Waals surface area contributed by atoms with Crippen molar-refractivity contribution in [3.05, 3.63) is 29.3 Å². The normalized spacial score (nSPS) is 12.6. The zero-order valence-electron chi connectivity index (χ0n) is 10.6. The van der Waals surface area contributed by atoms with Crippen LogP contribution in [-0.4, -0.2) is 25.8 Å². The Morgan fingerprint density at radius 1 is 1.15 bits per heavy atom. The molecule has 0 spiro atoms. The van der Waals surface area contributed by atoms with Crippen molar-refractivity contribution >= 4 is 0 Å². The van der Waals surface area contributed by atoms with Crippen molar-refractivity contribution in [3.8, 4) is 5.75 Å². The lowest BCUT2D eigenvalue weighted by Gasteiger charge is -2.19. The van der Waals surface area contributed by atoms with Crippen LogP contribution in [0.25, 0.3) is 0 Å². The van der Waals surface area contributed by atoms with Gasteiger partial charge in [-0.1, -0.05) is 12.1 Å². The van der Waals surface area contributed by atoms with E-state index in [9.17, 15) is 22.0 Å². The maximum Gasteiger partial charge on any atom is 0.455 e. The number of ether oxygens (including phenoxy) is 2. The van der Waals surface area contributed by atoms with Gasteiger partial charge < -0.3 is 15.2 Å². The maximum absolute atomic E-state index is 12.6. The molecule has 0 unspecified atom stereocenters. The fourth-order valence-electron chi connectivity index (χ4n) is 1.43. The van der Waals surface area contributed by atoms with Gasteiger partial charge in [0, 0.05) is 12.1 Å². The molecule has 0 aliphatic rings. The molecule has 0 aliphatic heterocycles. The van der Waals surface area contributed by atoms with Crippen LogP contribution in [0.3, 0.4) is 0 Å². The van der Waals surface area contributed by atoms with Crippen molar-refractivity contribution in [2.24, 2.45) is 5.73 Å². The smallest absolute Gasteiger partial charge is 0.455 e. The lowest BCUT2D eigenvalue weighted by Crippen LogP contribution is -2.40. The van der Waals surface area contributed by atoms with Crippen LogP contribution >= 0.6 is 0 Å². The molecule has 1 aromatic carbocycles. The Morgan fingerprint density at radius 3 is 2.30 bits per heavy atom. The second-order valence-electron chi connectivity index (χ2n) is 4.05. The first-order valence-corrected chi connectivity index (χ1v) is 5.59. The molecule has 8 heteroatoms. The van der Waals surface area contributed by atoms with Gasteiger partial charge in [-0.3, -0.25) is 0 Å². The topological polar surface area (TPSA) is 44.5 Å². The van der Waals surface area contributed by atoms with Gasteiger partial charge in [0.05, 0.1) is 13.7 Å². The molecule has 114 valence electrons. The summed E-state index contributed by atoms with van der Waals surface area (Å²) in [4.78, 5) is 0. The second-order valence-corrected chi connectivity index (χ2v) is 4.05. The Kier molecular flexibility index (Phi) is 5.29. The summed E-state index contributed by atoms with van der Waals surface area (Å²) in [5, 5.41) is 0. The third-order valence-electron chi connectivity index (χ3n) is 2.54. The molecule has 0 amide bonds. The van der Waals surface area contributed by atoms with Gasteiger partial charge in [-0.15, -0.1) is 0 Å². The predicted molar refractivity (Wildman–Crippen MR) is 61.5 cm³/mol. The minimum Gasteiger partial charge on any atom is -0.496 e. The van der Waals surface area contributed by atoms with Crippen LogP contribution in [-0.2, 0) is 17.9 Å². The van der Waals surface area contributed by atoms with Crippen molar-refractivity contribution in [3.63, 3.8) is 0 Å². The van der Waals surface area contributed by atoms with Crippen molar-refractivity contribution in [1.29, 1.82) is 0 Å². The molecule has 0 aromatic heterocycles. The summed E-state index contributed by atoms with van der Waals surface area (Å²) in [5.41, 5.74) is 6.55. The van der Waals surface area contributed by atoms with Crippen LogP contribution in [0, 0.1) is 0 Å². The van der Waals surface area contributed by atoms with Gasteiger partial charge in [-0.05, 0) is 11.6 Å². The van der Waals surface area contributed by atoms with Gasteiger partial charge in [0.15, 0.2) is 0 Å². The van der Waals surface area contributed by atoms with E-state index in [-0.39, 0.29) is 13.2 Å². The van der Waals surface area contributed by atoms with Crippen LogP contribution in [0.15, 0.2) is 18.2 Å². The zero-order valence-corrected chi connectivity index (χ0v) is 10.6. The Labute approximate surface area is 112 Å². The molecule has 3 nitrogen and oxygen atoms in total. The minimum absolute atomic E-state index is 0.219. The minimum atomic E-state index is -5.62. The van der Waals surface area contributed by atoms with Crippen molar-refractivity contribution < 1.29 is 31.4 Å². The Bertz CT molecular complexity index is 448. The molecule has 0 atom stereocenters. The predicted octanol–water partition coefficient (Wildman–Crippen LogP) is 2.87. The quantitative estimate of drug-likeness (QED) is 0.822. The first-order chi connectivity index (χ1) is 9.21. The first-order valence-electron chi connectivity index (χ1n) is 5.59. The highest BCUT2D eigenvalue weighted by Crippen LogP contribution is 2.35. The molecule has 1 aromatic rings. The van der Waals surface area contributed by atoms with E-state index < -0.39 is 18.7 Å². The number of hydrogen-bond acceptors (Lipinski definition) is 3. The fraction of sp³-hybridized carbons (Fsp3) is 0.500.